The largest absolute Gasteiger partial charge is 0.511 e. The highest BCUT2D eigenvalue weighted by atomic mass is 19.1. The fourth-order valence-electron chi connectivity index (χ4n) is 3.26. The Kier molecular flexibility index (Phi) is 4.22. The number of halogens is 1. The number of pyridine rings is 1. The number of fused-ring (bicyclic) bond motifs is 1. The lowest BCUT2D eigenvalue weighted by Gasteiger charge is -2.08. The van der Waals surface area contributed by atoms with Gasteiger partial charge in [0, 0.05) is 24.5 Å². The number of aromatic nitrogens is 3. The number of ketones is 1. The van der Waals surface area contributed by atoms with Crippen LogP contribution in [0.15, 0.2) is 35.4 Å². The molecule has 0 aliphatic heterocycles. The van der Waals surface area contributed by atoms with Crippen LogP contribution in [0.2, 0.25) is 0 Å². The molecule has 0 saturated heterocycles. The molecule has 1 fully saturated rings. The van der Waals surface area contributed by atoms with E-state index in [1.54, 1.807) is 0 Å². The van der Waals surface area contributed by atoms with Crippen molar-refractivity contribution in [3.05, 3.63) is 57.4 Å². The molecule has 0 atom stereocenters. The minimum atomic E-state index is -0.441. The zero-order valence-corrected chi connectivity index (χ0v) is 14.8. The van der Waals surface area contributed by atoms with E-state index in [0.717, 1.165) is 18.4 Å². The fraction of sp³-hybridized carbons (Fsp3) is 0.300. The first-order chi connectivity index (χ1) is 12.9. The maximum Gasteiger partial charge on any atom is 0.195 e. The molecule has 0 unspecified atom stereocenters. The molecule has 0 spiro atoms. The standard InChI is InChI=1S/C20H18FN3O3/c1-11(25)2-5-17(26)19-18(27)9-16(24-20(19)22-10-23-24)14-6-13(12-3-4-12)7-15(21)8-14/h6-10,12,26H,2-5H2,1H3/b19-17-. The van der Waals surface area contributed by atoms with Crippen molar-refractivity contribution >= 4 is 17.2 Å². The summed E-state index contributed by atoms with van der Waals surface area (Å²) in [5.41, 5.74) is 1.61. The SMILES string of the molecule is CC(=O)CC/C(O)=c1\c(=O)cc(-c2cc(F)cc(C3CC3)c2)n2ncnc12. The van der Waals surface area contributed by atoms with Crippen LogP contribution in [0.5, 0.6) is 0 Å². The third-order valence-corrected chi connectivity index (χ3v) is 4.78. The third kappa shape index (κ3) is 3.32. The Morgan fingerprint density at radius 3 is 2.74 bits per heavy atom. The molecule has 3 aromatic rings. The van der Waals surface area contributed by atoms with Crippen molar-refractivity contribution in [2.24, 2.45) is 0 Å². The van der Waals surface area contributed by atoms with Gasteiger partial charge >= 0.3 is 0 Å². The van der Waals surface area contributed by atoms with E-state index in [-0.39, 0.29) is 41.1 Å². The Bertz CT molecular complexity index is 1170. The van der Waals surface area contributed by atoms with Gasteiger partial charge in [0.25, 0.3) is 0 Å². The topological polar surface area (TPSA) is 84.6 Å². The summed E-state index contributed by atoms with van der Waals surface area (Å²) in [6.07, 6.45) is 3.53. The number of hydrogen-bond acceptors (Lipinski definition) is 5. The van der Waals surface area contributed by atoms with Crippen LogP contribution in [0.4, 0.5) is 4.39 Å². The molecule has 2 heterocycles. The number of aliphatic hydroxyl groups excluding tert-OH is 1. The summed E-state index contributed by atoms with van der Waals surface area (Å²) in [4.78, 5) is 28.0. The number of hydrogen-bond donors (Lipinski definition) is 1. The smallest absolute Gasteiger partial charge is 0.195 e. The second-order valence-corrected chi connectivity index (χ2v) is 6.96. The molecule has 0 amide bonds. The first-order valence-electron chi connectivity index (χ1n) is 8.83. The molecule has 1 aromatic carbocycles. The summed E-state index contributed by atoms with van der Waals surface area (Å²) in [5, 5.41) is 14.5. The average molecular weight is 367 g/mol. The van der Waals surface area contributed by atoms with E-state index in [0.29, 0.717) is 17.2 Å². The summed E-state index contributed by atoms with van der Waals surface area (Å²) in [6, 6.07) is 6.08. The van der Waals surface area contributed by atoms with Crippen LogP contribution in [0.1, 0.15) is 44.1 Å². The van der Waals surface area contributed by atoms with Crippen LogP contribution in [0.3, 0.4) is 0 Å². The molecule has 2 aromatic heterocycles. The molecule has 1 N–H and O–H groups in total. The van der Waals surface area contributed by atoms with E-state index >= 15 is 0 Å². The quantitative estimate of drug-likeness (QED) is 0.749. The zero-order valence-electron chi connectivity index (χ0n) is 14.8. The molecule has 0 bridgehead atoms. The van der Waals surface area contributed by atoms with Gasteiger partial charge in [0.1, 0.15) is 28.9 Å². The minimum Gasteiger partial charge on any atom is -0.511 e. The van der Waals surface area contributed by atoms with Crippen molar-refractivity contribution in [3.63, 3.8) is 0 Å². The van der Waals surface area contributed by atoms with Crippen molar-refractivity contribution in [1.29, 1.82) is 0 Å². The van der Waals surface area contributed by atoms with Crippen molar-refractivity contribution in [1.82, 2.24) is 14.6 Å². The summed E-state index contributed by atoms with van der Waals surface area (Å²) in [5.74, 6) is -0.288. The average Bonchev–Trinajstić information content (AvgIpc) is 3.36. The number of nitrogens with zero attached hydrogens (tertiary/aromatic N) is 3. The van der Waals surface area contributed by atoms with Crippen LogP contribution in [0.25, 0.3) is 22.7 Å². The Morgan fingerprint density at radius 1 is 1.26 bits per heavy atom. The second kappa shape index (κ2) is 6.57. The van der Waals surface area contributed by atoms with Gasteiger partial charge in [0.15, 0.2) is 11.1 Å². The normalized spacial score (nSPS) is 15.2. The van der Waals surface area contributed by atoms with Crippen LogP contribution < -0.4 is 10.6 Å². The molecule has 7 heteroatoms. The van der Waals surface area contributed by atoms with Crippen LogP contribution in [0, 0.1) is 5.82 Å². The lowest BCUT2D eigenvalue weighted by Crippen LogP contribution is -2.30. The van der Waals surface area contributed by atoms with E-state index in [4.69, 9.17) is 0 Å². The van der Waals surface area contributed by atoms with Gasteiger partial charge < -0.3 is 9.90 Å². The Morgan fingerprint density at radius 2 is 2.04 bits per heavy atom. The van der Waals surface area contributed by atoms with Crippen molar-refractivity contribution < 1.29 is 14.3 Å². The number of Topliss-reactive ketones (excluding diaryl/α,β-unsaturated/α-hetero) is 1. The molecule has 27 heavy (non-hydrogen) atoms. The molecule has 4 rings (SSSR count). The third-order valence-electron chi connectivity index (χ3n) is 4.78. The van der Waals surface area contributed by atoms with Gasteiger partial charge in [-0.2, -0.15) is 5.10 Å². The first kappa shape index (κ1) is 17.3. The summed E-state index contributed by atoms with van der Waals surface area (Å²) in [6.45, 7) is 1.42. The summed E-state index contributed by atoms with van der Waals surface area (Å²) in [7, 11) is 0. The second-order valence-electron chi connectivity index (χ2n) is 6.96. The predicted octanol–water partition coefficient (Wildman–Crippen LogP) is 2.53. The number of rotatable bonds is 5. The molecule has 6 nitrogen and oxygen atoms in total. The Labute approximate surface area is 154 Å². The van der Waals surface area contributed by atoms with E-state index in [1.807, 2.05) is 6.07 Å². The van der Waals surface area contributed by atoms with Gasteiger partial charge in [0.2, 0.25) is 0 Å². The van der Waals surface area contributed by atoms with Gasteiger partial charge in [0.05, 0.1) is 5.69 Å². The molecule has 1 aliphatic rings. The van der Waals surface area contributed by atoms with Gasteiger partial charge in [-0.1, -0.05) is 0 Å². The van der Waals surface area contributed by atoms with Crippen LogP contribution >= 0.6 is 0 Å². The highest BCUT2D eigenvalue weighted by Crippen LogP contribution is 2.41. The molecular formula is C20H18FN3O3. The number of benzene rings is 1. The van der Waals surface area contributed by atoms with Gasteiger partial charge in [-0.25, -0.2) is 13.9 Å². The molecule has 0 radical (unpaired) electrons. The zero-order chi connectivity index (χ0) is 19.1. The lowest BCUT2D eigenvalue weighted by atomic mass is 10.0. The highest BCUT2D eigenvalue weighted by Gasteiger charge is 2.25. The fourth-order valence-corrected chi connectivity index (χ4v) is 3.26. The van der Waals surface area contributed by atoms with Crippen LogP contribution in [-0.4, -0.2) is 25.5 Å². The summed E-state index contributed by atoms with van der Waals surface area (Å²) < 4.78 is 15.5. The molecule has 1 saturated carbocycles. The van der Waals surface area contributed by atoms with Crippen LogP contribution in [-0.2, 0) is 4.79 Å². The van der Waals surface area contributed by atoms with Crippen molar-refractivity contribution in [3.8, 4) is 11.3 Å². The molecule has 138 valence electrons. The van der Waals surface area contributed by atoms with Crippen molar-refractivity contribution in [2.75, 3.05) is 0 Å². The Hall–Kier alpha value is -3.09. The van der Waals surface area contributed by atoms with E-state index in [1.165, 1.54) is 36.0 Å². The van der Waals surface area contributed by atoms with E-state index in [9.17, 15) is 19.1 Å². The molecular weight excluding hydrogens is 349 g/mol. The predicted molar refractivity (Wildman–Crippen MR) is 97.8 cm³/mol. The van der Waals surface area contributed by atoms with Gasteiger partial charge in [-0.3, -0.25) is 4.79 Å². The molecule has 1 aliphatic carbocycles. The van der Waals surface area contributed by atoms with Gasteiger partial charge in [-0.05, 0) is 49.4 Å². The maximum atomic E-state index is 14.1. The number of carbonyl (C=O) groups excluding carboxylic acids is 1. The monoisotopic (exact) mass is 367 g/mol. The van der Waals surface area contributed by atoms with E-state index < -0.39 is 5.43 Å². The minimum absolute atomic E-state index is 0.0244. The highest BCUT2D eigenvalue weighted by molar-refractivity contribution is 5.76. The number of aliphatic hydroxyl groups is 1. The first-order valence-corrected chi connectivity index (χ1v) is 8.83. The maximum absolute atomic E-state index is 14.1. The lowest BCUT2D eigenvalue weighted by molar-refractivity contribution is -0.116. The Balaban J connectivity index is 1.92. The summed E-state index contributed by atoms with van der Waals surface area (Å²) >= 11 is 0. The number of carbonyl (C=O) groups is 1. The van der Waals surface area contributed by atoms with Gasteiger partial charge in [-0.15, -0.1) is 0 Å². The van der Waals surface area contributed by atoms with Crippen molar-refractivity contribution in [2.45, 2.75) is 38.5 Å². The van der Waals surface area contributed by atoms with E-state index in [2.05, 4.69) is 10.1 Å².